The summed E-state index contributed by atoms with van der Waals surface area (Å²) in [6.45, 7) is 0.625. The summed E-state index contributed by atoms with van der Waals surface area (Å²) >= 11 is 0. The van der Waals surface area contributed by atoms with Crippen molar-refractivity contribution < 1.29 is 19.0 Å². The van der Waals surface area contributed by atoms with Gasteiger partial charge in [-0.2, -0.15) is 0 Å². The van der Waals surface area contributed by atoms with Crippen LogP contribution in [0.3, 0.4) is 0 Å². The van der Waals surface area contributed by atoms with Gasteiger partial charge in [0.1, 0.15) is 29.0 Å². The quantitative estimate of drug-likeness (QED) is 0.739. The molecule has 0 fully saturated rings. The highest BCUT2D eigenvalue weighted by Crippen LogP contribution is 2.47. The first-order valence-electron chi connectivity index (χ1n) is 9.56. The minimum Gasteiger partial charge on any atom is -0.497 e. The lowest BCUT2D eigenvalue weighted by Gasteiger charge is -2.46. The van der Waals surface area contributed by atoms with Crippen LogP contribution >= 0.6 is 0 Å². The average Bonchev–Trinajstić information content (AvgIpc) is 3.14. The molecule has 1 atom stereocenters. The number of aromatic amines is 1. The van der Waals surface area contributed by atoms with Crippen LogP contribution in [0.15, 0.2) is 30.3 Å². The Kier molecular flexibility index (Phi) is 3.87. The molecule has 0 aliphatic carbocycles. The number of methoxy groups -OCH3 is 3. The molecular formula is C22H23N3O4. The molecule has 1 N–H and O–H groups in total. The van der Waals surface area contributed by atoms with Gasteiger partial charge < -0.3 is 29.0 Å². The van der Waals surface area contributed by atoms with Gasteiger partial charge in [0.2, 0.25) is 0 Å². The Balaban J connectivity index is 1.73. The molecule has 2 aromatic carbocycles. The van der Waals surface area contributed by atoms with E-state index in [1.54, 1.807) is 27.4 Å². The number of nitrogens with zero attached hydrogens (tertiary/aromatic N) is 2. The van der Waals surface area contributed by atoms with E-state index < -0.39 is 0 Å². The van der Waals surface area contributed by atoms with E-state index in [1.165, 1.54) is 5.56 Å². The maximum absolute atomic E-state index is 13.5. The molecule has 0 radical (unpaired) electrons. The zero-order valence-corrected chi connectivity index (χ0v) is 16.9. The van der Waals surface area contributed by atoms with Gasteiger partial charge in [-0.3, -0.25) is 4.79 Å². The van der Waals surface area contributed by atoms with Gasteiger partial charge in [0, 0.05) is 36.6 Å². The standard InChI is InChI=1S/C22H23N3O4/c1-24-15-10-12(27-2)11-17(29-4)19(15)22(26)25-9-8-13-18-14(23-20(13)21(24)25)6-5-7-16(18)28-3/h5-7,10-11,21,23H,8-9H2,1-4H3. The highest BCUT2D eigenvalue weighted by Gasteiger charge is 2.43. The van der Waals surface area contributed by atoms with Gasteiger partial charge in [-0.25, -0.2) is 0 Å². The molecule has 150 valence electrons. The van der Waals surface area contributed by atoms with Crippen molar-refractivity contribution in [3.8, 4) is 17.2 Å². The third-order valence-electron chi connectivity index (χ3n) is 6.03. The van der Waals surface area contributed by atoms with E-state index in [9.17, 15) is 4.79 Å². The Morgan fingerprint density at radius 3 is 2.59 bits per heavy atom. The predicted octanol–water partition coefficient (Wildman–Crippen LogP) is 3.34. The van der Waals surface area contributed by atoms with Crippen molar-refractivity contribution in [3.63, 3.8) is 0 Å². The monoisotopic (exact) mass is 393 g/mol. The number of carbonyl (C=O) groups excluding carboxylic acids is 1. The van der Waals surface area contributed by atoms with E-state index in [4.69, 9.17) is 14.2 Å². The number of ether oxygens (including phenoxy) is 3. The summed E-state index contributed by atoms with van der Waals surface area (Å²) in [5.74, 6) is 2.00. The van der Waals surface area contributed by atoms with E-state index >= 15 is 0 Å². The number of nitrogens with one attached hydrogen (secondary N) is 1. The summed E-state index contributed by atoms with van der Waals surface area (Å²) in [4.78, 5) is 21.0. The summed E-state index contributed by atoms with van der Waals surface area (Å²) in [5.41, 5.74) is 4.62. The van der Waals surface area contributed by atoms with E-state index in [0.29, 0.717) is 23.6 Å². The fourth-order valence-corrected chi connectivity index (χ4v) is 4.70. The maximum atomic E-state index is 13.5. The minimum atomic E-state index is -0.229. The molecule has 1 unspecified atom stereocenters. The molecule has 1 amide bonds. The summed E-state index contributed by atoms with van der Waals surface area (Å²) in [7, 11) is 6.88. The van der Waals surface area contributed by atoms with Crippen molar-refractivity contribution >= 4 is 22.5 Å². The van der Waals surface area contributed by atoms with Crippen molar-refractivity contribution in [2.75, 3.05) is 39.8 Å². The van der Waals surface area contributed by atoms with Crippen LogP contribution in [0, 0.1) is 0 Å². The van der Waals surface area contributed by atoms with E-state index in [2.05, 4.69) is 9.88 Å². The molecule has 0 saturated heterocycles. The first kappa shape index (κ1) is 17.7. The van der Waals surface area contributed by atoms with Gasteiger partial charge in [0.05, 0.1) is 32.7 Å². The third-order valence-corrected chi connectivity index (χ3v) is 6.03. The smallest absolute Gasteiger partial charge is 0.261 e. The van der Waals surface area contributed by atoms with Crippen LogP contribution < -0.4 is 19.1 Å². The lowest BCUT2D eigenvalue weighted by molar-refractivity contribution is 0.0630. The second kappa shape index (κ2) is 6.34. The number of aromatic nitrogens is 1. The molecule has 7 heteroatoms. The normalized spacial score (nSPS) is 17.7. The van der Waals surface area contributed by atoms with E-state index in [-0.39, 0.29) is 12.1 Å². The van der Waals surface area contributed by atoms with Gasteiger partial charge >= 0.3 is 0 Å². The zero-order chi connectivity index (χ0) is 20.3. The first-order valence-corrected chi connectivity index (χ1v) is 9.56. The number of H-pyrrole nitrogens is 1. The second-order valence-corrected chi connectivity index (χ2v) is 7.36. The molecule has 7 nitrogen and oxygen atoms in total. The van der Waals surface area contributed by atoms with Crippen LogP contribution in [-0.4, -0.2) is 50.7 Å². The molecule has 1 aromatic heterocycles. The minimum absolute atomic E-state index is 0.0288. The summed E-state index contributed by atoms with van der Waals surface area (Å²) in [5, 5.41) is 1.10. The molecule has 29 heavy (non-hydrogen) atoms. The lowest BCUT2D eigenvalue weighted by atomic mass is 9.95. The summed E-state index contributed by atoms with van der Waals surface area (Å²) in [6, 6.07) is 9.65. The number of benzene rings is 2. The van der Waals surface area contributed by atoms with Crippen molar-refractivity contribution in [1.82, 2.24) is 9.88 Å². The van der Waals surface area contributed by atoms with Gasteiger partial charge in [-0.1, -0.05) is 6.07 Å². The molecule has 0 saturated carbocycles. The molecule has 2 aliphatic rings. The fourth-order valence-electron chi connectivity index (χ4n) is 4.70. The molecule has 3 aromatic rings. The molecule has 3 heterocycles. The molecule has 5 rings (SSSR count). The third kappa shape index (κ3) is 2.33. The van der Waals surface area contributed by atoms with Crippen molar-refractivity contribution in [3.05, 3.63) is 47.2 Å². The van der Waals surface area contributed by atoms with Crippen molar-refractivity contribution in [2.45, 2.75) is 12.6 Å². The number of anilines is 1. The van der Waals surface area contributed by atoms with Crippen LogP contribution in [0.25, 0.3) is 10.9 Å². The predicted molar refractivity (Wildman–Crippen MR) is 110 cm³/mol. The Hall–Kier alpha value is -3.35. The number of amides is 1. The number of hydrogen-bond acceptors (Lipinski definition) is 5. The van der Waals surface area contributed by atoms with Gasteiger partial charge in [-0.15, -0.1) is 0 Å². The zero-order valence-electron chi connectivity index (χ0n) is 16.9. The Morgan fingerprint density at radius 1 is 1.07 bits per heavy atom. The Bertz CT molecular complexity index is 1140. The van der Waals surface area contributed by atoms with Crippen LogP contribution in [0.5, 0.6) is 17.2 Å². The topological polar surface area (TPSA) is 67.0 Å². The molecule has 0 bridgehead atoms. The van der Waals surface area contributed by atoms with Crippen LogP contribution in [0.4, 0.5) is 5.69 Å². The van der Waals surface area contributed by atoms with Crippen LogP contribution in [0.2, 0.25) is 0 Å². The lowest BCUT2D eigenvalue weighted by Crippen LogP contribution is -2.51. The van der Waals surface area contributed by atoms with Crippen LogP contribution in [0.1, 0.15) is 27.8 Å². The SMILES string of the molecule is COc1cc(OC)c2c(c1)N(C)C1c3[nH]c4cccc(OC)c4c3CCN1C2=O. The highest BCUT2D eigenvalue weighted by atomic mass is 16.5. The molecule has 2 aliphatic heterocycles. The largest absolute Gasteiger partial charge is 0.497 e. The number of fused-ring (bicyclic) bond motifs is 6. The van der Waals surface area contributed by atoms with E-state index in [1.807, 2.05) is 36.2 Å². The fraction of sp³-hybridized carbons (Fsp3) is 0.318. The first-order chi connectivity index (χ1) is 14.1. The van der Waals surface area contributed by atoms with Crippen molar-refractivity contribution in [2.24, 2.45) is 0 Å². The van der Waals surface area contributed by atoms with Crippen LogP contribution in [-0.2, 0) is 6.42 Å². The summed E-state index contributed by atoms with van der Waals surface area (Å²) < 4.78 is 16.6. The number of rotatable bonds is 3. The average molecular weight is 393 g/mol. The molecular weight excluding hydrogens is 370 g/mol. The van der Waals surface area contributed by atoms with Crippen molar-refractivity contribution in [1.29, 1.82) is 0 Å². The van der Waals surface area contributed by atoms with E-state index in [0.717, 1.165) is 34.5 Å². The number of hydrogen-bond donors (Lipinski definition) is 1. The Morgan fingerprint density at radius 2 is 1.86 bits per heavy atom. The molecule has 0 spiro atoms. The number of carbonyl (C=O) groups is 1. The second-order valence-electron chi connectivity index (χ2n) is 7.36. The summed E-state index contributed by atoms with van der Waals surface area (Å²) in [6.07, 6.45) is 0.534. The van der Waals surface area contributed by atoms with Gasteiger partial charge in [0.25, 0.3) is 5.91 Å². The van der Waals surface area contributed by atoms with Gasteiger partial charge in [0.15, 0.2) is 0 Å². The Labute approximate surface area is 168 Å². The van der Waals surface area contributed by atoms with Gasteiger partial charge in [-0.05, 0) is 24.1 Å². The highest BCUT2D eigenvalue weighted by molar-refractivity contribution is 6.05. The maximum Gasteiger partial charge on any atom is 0.261 e.